The number of hydrogen-bond acceptors (Lipinski definition) is 4. The lowest BCUT2D eigenvalue weighted by molar-refractivity contribution is -0.263. The Kier molecular flexibility index (Phi) is 4.97. The minimum absolute atomic E-state index is 0.109. The fraction of sp³-hybridized carbons (Fsp3) is 0.545. The van der Waals surface area contributed by atoms with Crippen molar-refractivity contribution in [2.45, 2.75) is 52.9 Å². The third-order valence-corrected chi connectivity index (χ3v) is 5.44. The van der Waals surface area contributed by atoms with E-state index in [-0.39, 0.29) is 10.8 Å². The van der Waals surface area contributed by atoms with E-state index in [0.29, 0.717) is 23.5 Å². The van der Waals surface area contributed by atoms with Gasteiger partial charge in [-0.25, -0.2) is 0 Å². The molecule has 3 rings (SSSR count). The van der Waals surface area contributed by atoms with Crippen LogP contribution in [-0.4, -0.2) is 30.7 Å². The lowest BCUT2D eigenvalue weighted by Crippen LogP contribution is -2.52. The van der Waals surface area contributed by atoms with Gasteiger partial charge in [0.25, 0.3) is 0 Å². The summed E-state index contributed by atoms with van der Waals surface area (Å²) in [6.45, 7) is 11.2. The lowest BCUT2D eigenvalue weighted by Gasteiger charge is -2.31. The SMILES string of the molecule is COc1cc(C2=C(C(C)(C)C)C(C)(C)CO2)ccc1C1=CNC(O)(C(F)(F)F)C1. The Labute approximate surface area is 169 Å². The molecular weight excluding hydrogens is 383 g/mol. The van der Waals surface area contributed by atoms with Crippen LogP contribution >= 0.6 is 0 Å². The number of alkyl halides is 3. The van der Waals surface area contributed by atoms with Gasteiger partial charge in [0.15, 0.2) is 0 Å². The van der Waals surface area contributed by atoms with E-state index in [1.807, 2.05) is 6.07 Å². The van der Waals surface area contributed by atoms with Crippen molar-refractivity contribution in [1.29, 1.82) is 0 Å². The molecule has 7 heteroatoms. The molecule has 4 nitrogen and oxygen atoms in total. The van der Waals surface area contributed by atoms with Crippen molar-refractivity contribution in [3.63, 3.8) is 0 Å². The van der Waals surface area contributed by atoms with E-state index in [1.165, 1.54) is 18.9 Å². The smallest absolute Gasteiger partial charge is 0.436 e. The first kappa shape index (κ1) is 21.6. The van der Waals surface area contributed by atoms with Gasteiger partial charge in [0.2, 0.25) is 5.72 Å². The summed E-state index contributed by atoms with van der Waals surface area (Å²) in [5, 5.41) is 11.9. The Morgan fingerprint density at radius 1 is 1.17 bits per heavy atom. The van der Waals surface area contributed by atoms with E-state index >= 15 is 0 Å². The fourth-order valence-corrected chi connectivity index (χ4v) is 4.32. The Morgan fingerprint density at radius 3 is 2.34 bits per heavy atom. The van der Waals surface area contributed by atoms with E-state index in [1.54, 1.807) is 12.1 Å². The van der Waals surface area contributed by atoms with E-state index < -0.39 is 18.3 Å². The number of hydrogen-bond donors (Lipinski definition) is 2. The van der Waals surface area contributed by atoms with Crippen molar-refractivity contribution in [3.8, 4) is 5.75 Å². The summed E-state index contributed by atoms with van der Waals surface area (Å²) in [6.07, 6.45) is -4.18. The van der Waals surface area contributed by atoms with Gasteiger partial charge in [-0.05, 0) is 22.6 Å². The zero-order valence-corrected chi connectivity index (χ0v) is 17.6. The Balaban J connectivity index is 2.01. The van der Waals surface area contributed by atoms with Gasteiger partial charge in [0.05, 0.1) is 13.7 Å². The minimum atomic E-state index is -4.78. The summed E-state index contributed by atoms with van der Waals surface area (Å²) in [6, 6.07) is 5.32. The molecule has 0 fully saturated rings. The van der Waals surface area contributed by atoms with Gasteiger partial charge in [-0.3, -0.25) is 0 Å². The predicted octanol–water partition coefficient (Wildman–Crippen LogP) is 5.09. The lowest BCUT2D eigenvalue weighted by atomic mass is 9.71. The first-order valence-corrected chi connectivity index (χ1v) is 9.52. The molecule has 0 radical (unpaired) electrons. The molecule has 0 saturated carbocycles. The molecule has 1 aromatic carbocycles. The third-order valence-electron chi connectivity index (χ3n) is 5.44. The number of benzene rings is 1. The van der Waals surface area contributed by atoms with Crippen LogP contribution < -0.4 is 10.1 Å². The standard InChI is InChI=1S/C22H28F3NO3/c1-19(2,3)18-17(29-12-20(18,4)5)13-7-8-15(16(9-13)28-6)14-10-21(27,26-11-14)22(23,24)25/h7-9,11,26-27H,10,12H2,1-6H3. The molecule has 160 valence electrons. The number of rotatable bonds is 3. The topological polar surface area (TPSA) is 50.7 Å². The molecule has 0 amide bonds. The third kappa shape index (κ3) is 3.72. The molecule has 0 aromatic heterocycles. The second kappa shape index (κ2) is 6.69. The summed E-state index contributed by atoms with van der Waals surface area (Å²) in [4.78, 5) is 0. The first-order valence-electron chi connectivity index (χ1n) is 9.52. The number of ether oxygens (including phenoxy) is 2. The molecule has 2 aliphatic heterocycles. The van der Waals surface area contributed by atoms with Gasteiger partial charge in [0, 0.05) is 29.2 Å². The van der Waals surface area contributed by atoms with Crippen molar-refractivity contribution in [3.05, 3.63) is 41.1 Å². The van der Waals surface area contributed by atoms with E-state index in [9.17, 15) is 18.3 Å². The quantitative estimate of drug-likeness (QED) is 0.727. The van der Waals surface area contributed by atoms with E-state index in [2.05, 4.69) is 39.9 Å². The van der Waals surface area contributed by atoms with E-state index in [0.717, 1.165) is 11.3 Å². The number of nitrogens with one attached hydrogen (secondary N) is 1. The van der Waals surface area contributed by atoms with Gasteiger partial charge in [0.1, 0.15) is 11.5 Å². The molecule has 0 aliphatic carbocycles. The summed E-state index contributed by atoms with van der Waals surface area (Å²) in [5.41, 5.74) is -0.369. The molecule has 0 saturated heterocycles. The second-order valence-electron chi connectivity index (χ2n) is 9.39. The van der Waals surface area contributed by atoms with Crippen LogP contribution in [0.2, 0.25) is 0 Å². The maximum absolute atomic E-state index is 13.1. The van der Waals surface area contributed by atoms with Gasteiger partial charge in [-0.1, -0.05) is 46.8 Å². The summed E-state index contributed by atoms with van der Waals surface area (Å²) in [5.74, 6) is 1.22. The van der Waals surface area contributed by atoms with Crippen LogP contribution in [0.15, 0.2) is 30.0 Å². The molecule has 1 unspecified atom stereocenters. The monoisotopic (exact) mass is 411 g/mol. The summed E-state index contributed by atoms with van der Waals surface area (Å²) < 4.78 is 50.9. The molecule has 2 N–H and O–H groups in total. The van der Waals surface area contributed by atoms with E-state index in [4.69, 9.17) is 9.47 Å². The Hall–Kier alpha value is -2.15. The summed E-state index contributed by atoms with van der Waals surface area (Å²) >= 11 is 0. The summed E-state index contributed by atoms with van der Waals surface area (Å²) in [7, 11) is 1.47. The van der Waals surface area contributed by atoms with Crippen LogP contribution in [-0.2, 0) is 4.74 Å². The van der Waals surface area contributed by atoms with Gasteiger partial charge >= 0.3 is 6.18 Å². The predicted molar refractivity (Wildman–Crippen MR) is 106 cm³/mol. The Bertz CT molecular complexity index is 878. The second-order valence-corrected chi connectivity index (χ2v) is 9.39. The zero-order chi connectivity index (χ0) is 21.8. The molecule has 0 spiro atoms. The number of methoxy groups -OCH3 is 1. The normalized spacial score (nSPS) is 24.3. The van der Waals surface area contributed by atoms with Crippen molar-refractivity contribution in [2.24, 2.45) is 10.8 Å². The molecule has 0 bridgehead atoms. The van der Waals surface area contributed by atoms with Crippen LogP contribution in [0.5, 0.6) is 5.75 Å². The average Bonchev–Trinajstić information content (AvgIpc) is 3.14. The maximum atomic E-state index is 13.1. The van der Waals surface area contributed by atoms with Gasteiger partial charge in [-0.2, -0.15) is 13.2 Å². The van der Waals surface area contributed by atoms with Crippen LogP contribution in [0.3, 0.4) is 0 Å². The highest BCUT2D eigenvalue weighted by Crippen LogP contribution is 2.50. The van der Waals surface area contributed by atoms with Crippen LogP contribution in [0.25, 0.3) is 11.3 Å². The van der Waals surface area contributed by atoms with Crippen LogP contribution in [0.1, 0.15) is 52.2 Å². The zero-order valence-electron chi connectivity index (χ0n) is 17.6. The highest BCUT2D eigenvalue weighted by atomic mass is 19.4. The number of halogens is 3. The van der Waals surface area contributed by atoms with Crippen molar-refractivity contribution < 1.29 is 27.8 Å². The largest absolute Gasteiger partial charge is 0.496 e. The highest BCUT2D eigenvalue weighted by Gasteiger charge is 2.56. The molecule has 1 atom stereocenters. The molecule has 1 aromatic rings. The average molecular weight is 411 g/mol. The van der Waals surface area contributed by atoms with Crippen LogP contribution in [0.4, 0.5) is 13.2 Å². The number of aliphatic hydroxyl groups is 1. The van der Waals surface area contributed by atoms with Gasteiger partial charge < -0.3 is 19.9 Å². The van der Waals surface area contributed by atoms with Crippen molar-refractivity contribution in [2.75, 3.05) is 13.7 Å². The Morgan fingerprint density at radius 2 is 1.83 bits per heavy atom. The van der Waals surface area contributed by atoms with Crippen LogP contribution in [0, 0.1) is 10.8 Å². The molecule has 2 heterocycles. The molecule has 2 aliphatic rings. The molecule has 29 heavy (non-hydrogen) atoms. The van der Waals surface area contributed by atoms with Crippen molar-refractivity contribution >= 4 is 11.3 Å². The first-order chi connectivity index (χ1) is 13.2. The fourth-order valence-electron chi connectivity index (χ4n) is 4.32. The molecular formula is C22H28F3NO3. The highest BCUT2D eigenvalue weighted by molar-refractivity contribution is 5.77. The van der Waals surface area contributed by atoms with Crippen molar-refractivity contribution in [1.82, 2.24) is 5.32 Å². The van der Waals surface area contributed by atoms with Gasteiger partial charge in [-0.15, -0.1) is 0 Å². The minimum Gasteiger partial charge on any atom is -0.496 e. The maximum Gasteiger partial charge on any atom is 0.436 e.